The molecule has 1 aliphatic rings. The van der Waals surface area contributed by atoms with Crippen LogP contribution in [0.15, 0.2) is 36.7 Å². The van der Waals surface area contributed by atoms with Crippen molar-refractivity contribution in [1.82, 2.24) is 25.4 Å². The summed E-state index contributed by atoms with van der Waals surface area (Å²) in [6.07, 6.45) is 5.21. The normalized spacial score (nSPS) is 18.2. The van der Waals surface area contributed by atoms with Gasteiger partial charge >= 0.3 is 0 Å². The zero-order chi connectivity index (χ0) is 15.9. The van der Waals surface area contributed by atoms with Crippen molar-refractivity contribution < 1.29 is 4.79 Å². The number of nitrogens with one attached hydrogen (secondary N) is 2. The van der Waals surface area contributed by atoms with Crippen LogP contribution in [0.2, 0.25) is 0 Å². The molecule has 1 amide bonds. The van der Waals surface area contributed by atoms with Crippen LogP contribution >= 0.6 is 0 Å². The maximum Gasteiger partial charge on any atom is 0.237 e. The third-order valence-electron chi connectivity index (χ3n) is 4.25. The summed E-state index contributed by atoms with van der Waals surface area (Å²) in [4.78, 5) is 18.8. The highest BCUT2D eigenvalue weighted by Crippen LogP contribution is 2.20. The third kappa shape index (κ3) is 4.39. The molecule has 23 heavy (non-hydrogen) atoms. The second kappa shape index (κ2) is 7.87. The highest BCUT2D eigenvalue weighted by molar-refractivity contribution is 5.82. The van der Waals surface area contributed by atoms with Gasteiger partial charge in [-0.3, -0.25) is 14.8 Å². The molecule has 2 aromatic rings. The molecule has 6 nitrogen and oxygen atoms in total. The van der Waals surface area contributed by atoms with E-state index < -0.39 is 0 Å². The minimum atomic E-state index is 0.000450. The highest BCUT2D eigenvalue weighted by atomic mass is 16.2. The number of carbonyl (C=O) groups is 1. The Bertz CT molecular complexity index is 599. The molecule has 1 fully saturated rings. The number of hydrogen-bond acceptors (Lipinski definition) is 4. The second-order valence-corrected chi connectivity index (χ2v) is 5.94. The van der Waals surface area contributed by atoms with Crippen LogP contribution in [0.5, 0.6) is 0 Å². The number of amides is 1. The summed E-state index contributed by atoms with van der Waals surface area (Å²) in [6, 6.07) is 10.3. The smallest absolute Gasteiger partial charge is 0.237 e. The Morgan fingerprint density at radius 1 is 1.35 bits per heavy atom. The fraction of sp³-hybridized carbons (Fsp3) is 0.471. The quantitative estimate of drug-likeness (QED) is 0.760. The largest absolute Gasteiger partial charge is 0.355 e. The molecule has 3 rings (SSSR count). The lowest BCUT2D eigenvalue weighted by Crippen LogP contribution is -2.43. The Kier molecular flexibility index (Phi) is 5.37. The first kappa shape index (κ1) is 15.7. The lowest BCUT2D eigenvalue weighted by molar-refractivity contribution is -0.125. The van der Waals surface area contributed by atoms with Crippen LogP contribution in [0.4, 0.5) is 0 Å². The first-order chi connectivity index (χ1) is 11.3. The van der Waals surface area contributed by atoms with Gasteiger partial charge in [-0.25, -0.2) is 4.98 Å². The summed E-state index contributed by atoms with van der Waals surface area (Å²) in [7, 11) is 0. The van der Waals surface area contributed by atoms with Crippen molar-refractivity contribution in [1.29, 1.82) is 0 Å². The van der Waals surface area contributed by atoms with Crippen LogP contribution in [0.25, 0.3) is 0 Å². The summed E-state index contributed by atoms with van der Waals surface area (Å²) in [6.45, 7) is 2.51. The van der Waals surface area contributed by atoms with Crippen molar-refractivity contribution in [3.8, 4) is 0 Å². The number of carbonyl (C=O) groups excluding carboxylic acids is 1. The van der Waals surface area contributed by atoms with Gasteiger partial charge in [0.1, 0.15) is 12.2 Å². The summed E-state index contributed by atoms with van der Waals surface area (Å²) >= 11 is 0. The first-order valence-corrected chi connectivity index (χ1v) is 8.23. The number of benzene rings is 1. The molecule has 1 aromatic heterocycles. The number of H-pyrrole nitrogens is 1. The Morgan fingerprint density at radius 2 is 2.22 bits per heavy atom. The van der Waals surface area contributed by atoms with E-state index in [1.807, 2.05) is 18.2 Å². The molecule has 0 radical (unpaired) electrons. The zero-order valence-corrected chi connectivity index (χ0v) is 13.2. The Balaban J connectivity index is 1.44. The minimum Gasteiger partial charge on any atom is -0.355 e. The molecule has 0 bridgehead atoms. The second-order valence-electron chi connectivity index (χ2n) is 5.94. The average Bonchev–Trinajstić information content (AvgIpc) is 3.24. The number of likely N-dealkylation sites (tertiary alicyclic amines) is 1. The molecule has 1 saturated heterocycles. The fourth-order valence-electron chi connectivity index (χ4n) is 3.07. The fourth-order valence-corrected chi connectivity index (χ4v) is 3.07. The number of aromatic amines is 1. The zero-order valence-electron chi connectivity index (χ0n) is 13.2. The lowest BCUT2D eigenvalue weighted by atomic mass is 10.1. The third-order valence-corrected chi connectivity index (χ3v) is 4.25. The van der Waals surface area contributed by atoms with Crippen molar-refractivity contribution in [3.05, 3.63) is 48.0 Å². The van der Waals surface area contributed by atoms with Crippen molar-refractivity contribution in [2.24, 2.45) is 0 Å². The Hall–Kier alpha value is -2.21. The van der Waals surface area contributed by atoms with Crippen molar-refractivity contribution in [3.63, 3.8) is 0 Å². The topological polar surface area (TPSA) is 73.9 Å². The standard InChI is InChI=1S/C17H23N5O/c23-17(18-10-4-9-16-19-13-20-21-16)15-8-5-11-22(15)12-14-6-2-1-3-7-14/h1-3,6-7,13,15H,4-5,8-12H2,(H,18,23)(H,19,20,21)/t15-/m0/s1. The number of aromatic nitrogens is 3. The molecule has 0 aliphatic carbocycles. The maximum atomic E-state index is 12.4. The lowest BCUT2D eigenvalue weighted by Gasteiger charge is -2.23. The van der Waals surface area contributed by atoms with Crippen LogP contribution in [-0.4, -0.2) is 45.1 Å². The van der Waals surface area contributed by atoms with Gasteiger partial charge in [0, 0.05) is 19.5 Å². The molecule has 0 spiro atoms. The molecule has 2 N–H and O–H groups in total. The molecular formula is C17H23N5O. The van der Waals surface area contributed by atoms with E-state index in [0.29, 0.717) is 6.54 Å². The molecule has 1 aromatic carbocycles. The van der Waals surface area contributed by atoms with Gasteiger partial charge in [0.15, 0.2) is 0 Å². The van der Waals surface area contributed by atoms with Gasteiger partial charge in [-0.1, -0.05) is 30.3 Å². The molecule has 122 valence electrons. The Labute approximate surface area is 136 Å². The summed E-state index contributed by atoms with van der Waals surface area (Å²) < 4.78 is 0. The predicted octanol–water partition coefficient (Wildman–Crippen LogP) is 1.52. The molecule has 0 unspecified atom stereocenters. The summed E-state index contributed by atoms with van der Waals surface area (Å²) in [5.74, 6) is 1.02. The summed E-state index contributed by atoms with van der Waals surface area (Å²) in [5.41, 5.74) is 1.26. The first-order valence-electron chi connectivity index (χ1n) is 8.23. The van der Waals surface area contributed by atoms with Crippen LogP contribution in [-0.2, 0) is 17.8 Å². The number of rotatable bonds is 7. The van der Waals surface area contributed by atoms with E-state index in [1.165, 1.54) is 11.9 Å². The molecular weight excluding hydrogens is 290 g/mol. The highest BCUT2D eigenvalue weighted by Gasteiger charge is 2.30. The number of hydrogen-bond donors (Lipinski definition) is 2. The molecule has 1 aliphatic heterocycles. The van der Waals surface area contributed by atoms with Crippen LogP contribution in [0.3, 0.4) is 0 Å². The van der Waals surface area contributed by atoms with Crippen LogP contribution < -0.4 is 5.32 Å². The van der Waals surface area contributed by atoms with Gasteiger partial charge in [-0.05, 0) is 31.4 Å². The molecule has 2 heterocycles. The monoisotopic (exact) mass is 313 g/mol. The predicted molar refractivity (Wildman–Crippen MR) is 87.6 cm³/mol. The van der Waals surface area contributed by atoms with Crippen molar-refractivity contribution >= 4 is 5.91 Å². The maximum absolute atomic E-state index is 12.4. The molecule has 1 atom stereocenters. The average molecular weight is 313 g/mol. The van der Waals surface area contributed by atoms with Gasteiger partial charge in [0.05, 0.1) is 6.04 Å². The van der Waals surface area contributed by atoms with Crippen molar-refractivity contribution in [2.75, 3.05) is 13.1 Å². The van der Waals surface area contributed by atoms with Gasteiger partial charge in [-0.15, -0.1) is 0 Å². The summed E-state index contributed by atoms with van der Waals surface area (Å²) in [5, 5.41) is 9.71. The van der Waals surface area contributed by atoms with Gasteiger partial charge in [0.2, 0.25) is 5.91 Å². The van der Waals surface area contributed by atoms with E-state index in [9.17, 15) is 4.79 Å². The van der Waals surface area contributed by atoms with E-state index in [0.717, 1.165) is 44.6 Å². The van der Waals surface area contributed by atoms with Crippen LogP contribution in [0.1, 0.15) is 30.7 Å². The number of nitrogens with zero attached hydrogens (tertiary/aromatic N) is 3. The van der Waals surface area contributed by atoms with Gasteiger partial charge < -0.3 is 5.32 Å². The molecule has 6 heteroatoms. The Morgan fingerprint density at radius 3 is 3.00 bits per heavy atom. The van der Waals surface area contributed by atoms with E-state index in [4.69, 9.17) is 0 Å². The van der Waals surface area contributed by atoms with Crippen molar-refractivity contribution in [2.45, 2.75) is 38.3 Å². The van der Waals surface area contributed by atoms with E-state index in [-0.39, 0.29) is 11.9 Å². The van der Waals surface area contributed by atoms with Gasteiger partial charge in [0.25, 0.3) is 0 Å². The SMILES string of the molecule is O=C(NCCCc1ncn[nH]1)[C@@H]1CCCN1Cc1ccccc1. The van der Waals surface area contributed by atoms with E-state index in [2.05, 4.69) is 37.5 Å². The minimum absolute atomic E-state index is 0.000450. The molecule has 0 saturated carbocycles. The van der Waals surface area contributed by atoms with Gasteiger partial charge in [-0.2, -0.15) is 5.10 Å². The van der Waals surface area contributed by atoms with E-state index >= 15 is 0 Å². The van der Waals surface area contributed by atoms with E-state index in [1.54, 1.807) is 0 Å². The van der Waals surface area contributed by atoms with Crippen LogP contribution in [0, 0.1) is 0 Å². The number of aryl methyl sites for hydroxylation is 1.